The third kappa shape index (κ3) is 5.26. The van der Waals surface area contributed by atoms with Gasteiger partial charge in [0.25, 0.3) is 0 Å². The minimum absolute atomic E-state index is 0.0588. The van der Waals surface area contributed by atoms with Crippen molar-refractivity contribution in [3.8, 4) is 0 Å². The van der Waals surface area contributed by atoms with Gasteiger partial charge in [-0.2, -0.15) is 0 Å². The van der Waals surface area contributed by atoms with Crippen molar-refractivity contribution in [2.75, 3.05) is 13.2 Å². The minimum atomic E-state index is -0.288. The number of aliphatic hydroxyl groups is 1. The van der Waals surface area contributed by atoms with Gasteiger partial charge in [0.2, 0.25) is 0 Å². The maximum atomic E-state index is 11.3. The molecule has 17 heavy (non-hydrogen) atoms. The van der Waals surface area contributed by atoms with E-state index in [1.54, 1.807) is 18.2 Å². The van der Waals surface area contributed by atoms with Crippen LogP contribution in [0.1, 0.15) is 12.0 Å². The van der Waals surface area contributed by atoms with Crippen LogP contribution in [0.5, 0.6) is 0 Å². The molecule has 3 N–H and O–H groups in total. The first-order valence-corrected chi connectivity index (χ1v) is 5.95. The Bertz CT molecular complexity index is 386. The molecule has 0 saturated carbocycles. The average Bonchev–Trinajstić information content (AvgIpc) is 2.28. The van der Waals surface area contributed by atoms with E-state index >= 15 is 0 Å². The Morgan fingerprint density at radius 2 is 2.06 bits per heavy atom. The van der Waals surface area contributed by atoms with Gasteiger partial charge in [-0.3, -0.25) is 0 Å². The smallest absolute Gasteiger partial charge is 0.315 e. The number of amides is 2. The summed E-state index contributed by atoms with van der Waals surface area (Å²) in [6.07, 6.45) is 0.537. The number of carbonyl (C=O) groups is 1. The Morgan fingerprint density at radius 3 is 2.71 bits per heavy atom. The fourth-order valence-corrected chi connectivity index (χ4v) is 1.66. The highest BCUT2D eigenvalue weighted by Crippen LogP contribution is 2.20. The number of halogens is 2. The first-order valence-electron chi connectivity index (χ1n) is 5.20. The number of rotatable bonds is 5. The van der Waals surface area contributed by atoms with Gasteiger partial charge in [-0.25, -0.2) is 4.79 Å². The largest absolute Gasteiger partial charge is 0.396 e. The summed E-state index contributed by atoms with van der Waals surface area (Å²) in [4.78, 5) is 11.3. The fraction of sp³-hybridized carbons (Fsp3) is 0.364. The SMILES string of the molecule is O=C(NCCCO)NCc1ccc(Cl)cc1Cl. The second-order valence-corrected chi connectivity index (χ2v) is 4.27. The molecule has 0 radical (unpaired) electrons. The highest BCUT2D eigenvalue weighted by atomic mass is 35.5. The van der Waals surface area contributed by atoms with Crippen molar-refractivity contribution < 1.29 is 9.90 Å². The molecular formula is C11H14Cl2N2O2. The quantitative estimate of drug-likeness (QED) is 0.722. The third-order valence-corrected chi connectivity index (χ3v) is 2.66. The first-order chi connectivity index (χ1) is 8.13. The van der Waals surface area contributed by atoms with Crippen LogP contribution in [0.2, 0.25) is 10.0 Å². The highest BCUT2D eigenvalue weighted by Gasteiger charge is 2.03. The number of nitrogens with one attached hydrogen (secondary N) is 2. The Balaban J connectivity index is 2.37. The molecule has 0 spiro atoms. The number of benzene rings is 1. The van der Waals surface area contributed by atoms with Crippen LogP contribution >= 0.6 is 23.2 Å². The molecule has 0 aliphatic rings. The Labute approximate surface area is 110 Å². The summed E-state index contributed by atoms with van der Waals surface area (Å²) in [6.45, 7) is 0.834. The zero-order valence-electron chi connectivity index (χ0n) is 9.17. The lowest BCUT2D eigenvalue weighted by Crippen LogP contribution is -2.35. The first kappa shape index (κ1) is 14.1. The number of urea groups is 1. The van der Waals surface area contributed by atoms with Crippen LogP contribution in [-0.2, 0) is 6.54 Å². The van der Waals surface area contributed by atoms with Crippen molar-refractivity contribution in [2.45, 2.75) is 13.0 Å². The Hall–Kier alpha value is -0.970. The minimum Gasteiger partial charge on any atom is -0.396 e. The molecule has 6 heteroatoms. The summed E-state index contributed by atoms with van der Waals surface area (Å²) >= 11 is 11.7. The van der Waals surface area contributed by atoms with E-state index in [0.717, 1.165) is 5.56 Å². The highest BCUT2D eigenvalue weighted by molar-refractivity contribution is 6.35. The monoisotopic (exact) mass is 276 g/mol. The fourth-order valence-electron chi connectivity index (χ4n) is 1.18. The van der Waals surface area contributed by atoms with E-state index in [1.807, 2.05) is 0 Å². The van der Waals surface area contributed by atoms with Crippen LogP contribution in [0.3, 0.4) is 0 Å². The molecule has 0 aliphatic heterocycles. The molecular weight excluding hydrogens is 263 g/mol. The number of aliphatic hydroxyl groups excluding tert-OH is 1. The van der Waals surface area contributed by atoms with E-state index < -0.39 is 0 Å². The molecule has 0 saturated heterocycles. The van der Waals surface area contributed by atoms with Gasteiger partial charge in [0.1, 0.15) is 0 Å². The van der Waals surface area contributed by atoms with Gasteiger partial charge in [0.15, 0.2) is 0 Å². The van der Waals surface area contributed by atoms with E-state index in [9.17, 15) is 4.79 Å². The van der Waals surface area contributed by atoms with E-state index in [1.165, 1.54) is 0 Å². The number of carbonyl (C=O) groups excluding carboxylic acids is 1. The molecule has 94 valence electrons. The van der Waals surface area contributed by atoms with Gasteiger partial charge in [-0.05, 0) is 24.1 Å². The van der Waals surface area contributed by atoms with Gasteiger partial charge in [-0.1, -0.05) is 29.3 Å². The summed E-state index contributed by atoms with van der Waals surface area (Å²) in [5, 5.41) is 14.9. The van der Waals surface area contributed by atoms with Crippen molar-refractivity contribution in [3.63, 3.8) is 0 Å². The summed E-state index contributed by atoms with van der Waals surface area (Å²) in [5.74, 6) is 0. The molecule has 1 aromatic carbocycles. The van der Waals surface area contributed by atoms with Gasteiger partial charge < -0.3 is 15.7 Å². The van der Waals surface area contributed by atoms with E-state index in [0.29, 0.717) is 29.6 Å². The predicted molar refractivity (Wildman–Crippen MR) is 68.4 cm³/mol. The number of hydrogen-bond donors (Lipinski definition) is 3. The topological polar surface area (TPSA) is 61.4 Å². The average molecular weight is 277 g/mol. The summed E-state index contributed by atoms with van der Waals surface area (Å²) in [5.41, 5.74) is 0.799. The molecule has 0 fully saturated rings. The van der Waals surface area contributed by atoms with Crippen molar-refractivity contribution in [1.29, 1.82) is 0 Å². The van der Waals surface area contributed by atoms with Crippen molar-refractivity contribution in [1.82, 2.24) is 10.6 Å². The van der Waals surface area contributed by atoms with E-state index in [2.05, 4.69) is 10.6 Å². The summed E-state index contributed by atoms with van der Waals surface area (Å²) in [7, 11) is 0. The summed E-state index contributed by atoms with van der Waals surface area (Å²) < 4.78 is 0. The molecule has 0 unspecified atom stereocenters. The molecule has 0 heterocycles. The zero-order chi connectivity index (χ0) is 12.7. The predicted octanol–water partition coefficient (Wildman–Crippen LogP) is 2.17. The zero-order valence-corrected chi connectivity index (χ0v) is 10.7. The third-order valence-electron chi connectivity index (χ3n) is 2.07. The van der Waals surface area contributed by atoms with Crippen LogP contribution in [-0.4, -0.2) is 24.3 Å². The number of hydrogen-bond acceptors (Lipinski definition) is 2. The Kier molecular flexibility index (Phi) is 6.11. The molecule has 4 nitrogen and oxygen atoms in total. The molecule has 2 amide bonds. The van der Waals surface area contributed by atoms with Crippen molar-refractivity contribution in [2.24, 2.45) is 0 Å². The lowest BCUT2D eigenvalue weighted by molar-refractivity contribution is 0.238. The maximum absolute atomic E-state index is 11.3. The lowest BCUT2D eigenvalue weighted by atomic mass is 10.2. The van der Waals surface area contributed by atoms with Crippen LogP contribution in [0, 0.1) is 0 Å². The van der Waals surface area contributed by atoms with Gasteiger partial charge >= 0.3 is 6.03 Å². The van der Waals surface area contributed by atoms with Crippen LogP contribution in [0.4, 0.5) is 4.79 Å². The van der Waals surface area contributed by atoms with Crippen LogP contribution in [0.25, 0.3) is 0 Å². The maximum Gasteiger partial charge on any atom is 0.315 e. The second kappa shape index (κ2) is 7.37. The van der Waals surface area contributed by atoms with Crippen LogP contribution in [0.15, 0.2) is 18.2 Å². The summed E-state index contributed by atoms with van der Waals surface area (Å²) in [6, 6.07) is 4.82. The molecule has 1 rings (SSSR count). The molecule has 0 aromatic heterocycles. The van der Waals surface area contributed by atoms with Gasteiger partial charge in [0.05, 0.1) is 0 Å². The van der Waals surface area contributed by atoms with Gasteiger partial charge in [-0.15, -0.1) is 0 Å². The standard InChI is InChI=1S/C11H14Cl2N2O2/c12-9-3-2-8(10(13)6-9)7-15-11(17)14-4-1-5-16/h2-3,6,16H,1,4-5,7H2,(H2,14,15,17). The van der Waals surface area contributed by atoms with E-state index in [4.69, 9.17) is 28.3 Å². The molecule has 0 aliphatic carbocycles. The van der Waals surface area contributed by atoms with Crippen molar-refractivity contribution >= 4 is 29.2 Å². The molecule has 0 atom stereocenters. The lowest BCUT2D eigenvalue weighted by Gasteiger charge is -2.08. The second-order valence-electron chi connectivity index (χ2n) is 3.42. The molecule has 1 aromatic rings. The van der Waals surface area contributed by atoms with Gasteiger partial charge in [0, 0.05) is 29.7 Å². The Morgan fingerprint density at radius 1 is 1.29 bits per heavy atom. The van der Waals surface area contributed by atoms with E-state index in [-0.39, 0.29) is 12.6 Å². The van der Waals surface area contributed by atoms with Crippen LogP contribution < -0.4 is 10.6 Å². The van der Waals surface area contributed by atoms with Crippen molar-refractivity contribution in [3.05, 3.63) is 33.8 Å². The molecule has 0 bridgehead atoms. The normalized spacial score (nSPS) is 10.1.